The van der Waals surface area contributed by atoms with Crippen molar-refractivity contribution in [2.75, 3.05) is 44.3 Å². The first kappa shape index (κ1) is 18.4. The van der Waals surface area contributed by atoms with Gasteiger partial charge in [-0.15, -0.1) is 0 Å². The normalized spacial score (nSPS) is 20.4. The first-order valence-corrected chi connectivity index (χ1v) is 9.58. The van der Waals surface area contributed by atoms with Gasteiger partial charge in [0.1, 0.15) is 18.5 Å². The van der Waals surface area contributed by atoms with Crippen molar-refractivity contribution < 1.29 is 14.3 Å². The third-order valence-corrected chi connectivity index (χ3v) is 5.24. The molecule has 146 valence electrons. The van der Waals surface area contributed by atoms with E-state index < -0.39 is 6.04 Å². The van der Waals surface area contributed by atoms with Crippen LogP contribution in [0, 0.1) is 0 Å². The summed E-state index contributed by atoms with van der Waals surface area (Å²) in [7, 11) is 0. The van der Waals surface area contributed by atoms with Crippen molar-refractivity contribution in [3.63, 3.8) is 0 Å². The van der Waals surface area contributed by atoms with Crippen molar-refractivity contribution in [1.82, 2.24) is 14.8 Å². The molecule has 2 aliphatic heterocycles. The topological polar surface area (TPSA) is 66.0 Å². The molecule has 2 aromatic rings. The van der Waals surface area contributed by atoms with Crippen molar-refractivity contribution in [1.29, 1.82) is 0 Å². The Labute approximate surface area is 164 Å². The first-order chi connectivity index (χ1) is 13.7. The SMILES string of the molecule is O=C(C1COCC(=O)N1Cc1ccccc1)N1CCN(c2ccccn2)CC1. The van der Waals surface area contributed by atoms with Crippen LogP contribution in [0.2, 0.25) is 0 Å². The lowest BCUT2D eigenvalue weighted by atomic mass is 10.1. The van der Waals surface area contributed by atoms with E-state index in [2.05, 4.69) is 9.88 Å². The molecule has 0 bridgehead atoms. The lowest BCUT2D eigenvalue weighted by Crippen LogP contribution is -2.59. The predicted octanol–water partition coefficient (Wildman–Crippen LogP) is 1.16. The zero-order chi connectivity index (χ0) is 19.3. The number of carbonyl (C=O) groups excluding carboxylic acids is 2. The number of ether oxygens (including phenoxy) is 1. The molecule has 7 nitrogen and oxygen atoms in total. The van der Waals surface area contributed by atoms with Gasteiger partial charge in [-0.05, 0) is 17.7 Å². The second-order valence-corrected chi connectivity index (χ2v) is 7.04. The molecule has 1 aromatic carbocycles. The molecule has 1 aromatic heterocycles. The monoisotopic (exact) mass is 380 g/mol. The Morgan fingerprint density at radius 3 is 2.50 bits per heavy atom. The summed E-state index contributed by atoms with van der Waals surface area (Å²) in [6.45, 7) is 3.37. The summed E-state index contributed by atoms with van der Waals surface area (Å²) in [6.07, 6.45) is 1.78. The van der Waals surface area contributed by atoms with Crippen LogP contribution < -0.4 is 4.90 Å². The molecule has 0 saturated carbocycles. The van der Waals surface area contributed by atoms with Crippen LogP contribution in [0.1, 0.15) is 5.56 Å². The molecule has 0 aliphatic carbocycles. The van der Waals surface area contributed by atoms with Gasteiger partial charge in [-0.3, -0.25) is 9.59 Å². The van der Waals surface area contributed by atoms with Gasteiger partial charge < -0.3 is 19.4 Å². The Kier molecular flexibility index (Phi) is 5.53. The van der Waals surface area contributed by atoms with Crippen molar-refractivity contribution in [2.24, 2.45) is 0 Å². The van der Waals surface area contributed by atoms with Gasteiger partial charge in [-0.2, -0.15) is 0 Å². The van der Waals surface area contributed by atoms with Gasteiger partial charge in [0.25, 0.3) is 0 Å². The van der Waals surface area contributed by atoms with Gasteiger partial charge in [-0.1, -0.05) is 36.4 Å². The number of pyridine rings is 1. The number of anilines is 1. The highest BCUT2D eigenvalue weighted by molar-refractivity contribution is 5.89. The van der Waals surface area contributed by atoms with E-state index in [1.54, 1.807) is 11.1 Å². The largest absolute Gasteiger partial charge is 0.369 e. The number of rotatable bonds is 4. The zero-order valence-electron chi connectivity index (χ0n) is 15.7. The minimum Gasteiger partial charge on any atom is -0.369 e. The molecular formula is C21H24N4O3. The quantitative estimate of drug-likeness (QED) is 0.796. The molecule has 1 atom stereocenters. The standard InChI is InChI=1S/C21H24N4O3/c26-20-16-28-15-18(25(20)14-17-6-2-1-3-7-17)21(27)24-12-10-23(11-13-24)19-8-4-5-9-22-19/h1-9,18H,10-16H2. The molecule has 2 amide bonds. The van der Waals surface area contributed by atoms with Crippen molar-refractivity contribution in [2.45, 2.75) is 12.6 Å². The number of hydrogen-bond acceptors (Lipinski definition) is 5. The molecule has 0 N–H and O–H groups in total. The van der Waals surface area contributed by atoms with E-state index in [0.29, 0.717) is 19.6 Å². The summed E-state index contributed by atoms with van der Waals surface area (Å²) in [5.41, 5.74) is 1.01. The average Bonchev–Trinajstić information content (AvgIpc) is 2.76. The number of morpholine rings is 1. The Bertz CT molecular complexity index is 807. The Morgan fingerprint density at radius 1 is 1.04 bits per heavy atom. The van der Waals surface area contributed by atoms with Gasteiger partial charge in [-0.25, -0.2) is 4.98 Å². The fourth-order valence-electron chi connectivity index (χ4n) is 3.70. The highest BCUT2D eigenvalue weighted by Gasteiger charge is 2.37. The van der Waals surface area contributed by atoms with Gasteiger partial charge >= 0.3 is 0 Å². The van der Waals surface area contributed by atoms with E-state index in [1.807, 2.05) is 53.4 Å². The van der Waals surface area contributed by atoms with Crippen LogP contribution in [-0.4, -0.2) is 72.0 Å². The van der Waals surface area contributed by atoms with Crippen LogP contribution in [0.3, 0.4) is 0 Å². The predicted molar refractivity (Wildman–Crippen MR) is 105 cm³/mol. The summed E-state index contributed by atoms with van der Waals surface area (Å²) in [6, 6.07) is 15.0. The minimum atomic E-state index is -0.567. The van der Waals surface area contributed by atoms with E-state index in [0.717, 1.165) is 24.5 Å². The van der Waals surface area contributed by atoms with Gasteiger partial charge in [0, 0.05) is 38.9 Å². The smallest absolute Gasteiger partial charge is 0.249 e. The van der Waals surface area contributed by atoms with Crippen LogP contribution in [0.15, 0.2) is 54.7 Å². The Hall–Kier alpha value is -2.93. The maximum absolute atomic E-state index is 13.2. The molecule has 2 fully saturated rings. The van der Waals surface area contributed by atoms with Gasteiger partial charge in [0.2, 0.25) is 11.8 Å². The van der Waals surface area contributed by atoms with Gasteiger partial charge in [0.15, 0.2) is 0 Å². The molecule has 7 heteroatoms. The summed E-state index contributed by atoms with van der Waals surface area (Å²) in [5, 5.41) is 0. The summed E-state index contributed by atoms with van der Waals surface area (Å²) < 4.78 is 5.41. The second kappa shape index (κ2) is 8.39. The first-order valence-electron chi connectivity index (χ1n) is 9.58. The Morgan fingerprint density at radius 2 is 1.79 bits per heavy atom. The van der Waals surface area contributed by atoms with E-state index in [9.17, 15) is 9.59 Å². The molecular weight excluding hydrogens is 356 g/mol. The van der Waals surface area contributed by atoms with Crippen LogP contribution >= 0.6 is 0 Å². The highest BCUT2D eigenvalue weighted by atomic mass is 16.5. The molecule has 1 unspecified atom stereocenters. The van der Waals surface area contributed by atoms with E-state index >= 15 is 0 Å². The lowest BCUT2D eigenvalue weighted by molar-refractivity contribution is -0.160. The molecule has 2 aliphatic rings. The average molecular weight is 380 g/mol. The second-order valence-electron chi connectivity index (χ2n) is 7.04. The van der Waals surface area contributed by atoms with Crippen molar-refractivity contribution in [3.8, 4) is 0 Å². The number of hydrogen-bond donors (Lipinski definition) is 0. The van der Waals surface area contributed by atoms with Gasteiger partial charge in [0.05, 0.1) is 6.61 Å². The van der Waals surface area contributed by atoms with Crippen LogP contribution in [0.25, 0.3) is 0 Å². The van der Waals surface area contributed by atoms with Crippen LogP contribution in [0.5, 0.6) is 0 Å². The fourth-order valence-corrected chi connectivity index (χ4v) is 3.70. The Balaban J connectivity index is 1.42. The van der Waals surface area contributed by atoms with E-state index in [-0.39, 0.29) is 25.0 Å². The van der Waals surface area contributed by atoms with E-state index in [1.165, 1.54) is 0 Å². The van der Waals surface area contributed by atoms with Crippen molar-refractivity contribution >= 4 is 17.6 Å². The number of nitrogens with zero attached hydrogens (tertiary/aromatic N) is 4. The molecule has 0 radical (unpaired) electrons. The maximum atomic E-state index is 13.2. The molecule has 2 saturated heterocycles. The summed E-state index contributed by atoms with van der Waals surface area (Å²) in [4.78, 5) is 35.7. The number of piperazine rings is 1. The number of aromatic nitrogens is 1. The summed E-state index contributed by atoms with van der Waals surface area (Å²) >= 11 is 0. The van der Waals surface area contributed by atoms with Crippen molar-refractivity contribution in [3.05, 3.63) is 60.3 Å². The minimum absolute atomic E-state index is 0.0318. The van der Waals surface area contributed by atoms with Crippen LogP contribution in [0.4, 0.5) is 5.82 Å². The third kappa shape index (κ3) is 3.99. The number of benzene rings is 1. The molecule has 3 heterocycles. The molecule has 4 rings (SSSR count). The number of amides is 2. The summed E-state index contributed by atoms with van der Waals surface area (Å²) in [5.74, 6) is 0.752. The highest BCUT2D eigenvalue weighted by Crippen LogP contribution is 2.18. The van der Waals surface area contributed by atoms with Crippen LogP contribution in [-0.2, 0) is 20.9 Å². The molecule has 28 heavy (non-hydrogen) atoms. The molecule has 0 spiro atoms. The van der Waals surface area contributed by atoms with E-state index in [4.69, 9.17) is 4.74 Å². The lowest BCUT2D eigenvalue weighted by Gasteiger charge is -2.40. The number of carbonyl (C=O) groups is 2. The fraction of sp³-hybridized carbons (Fsp3) is 0.381. The third-order valence-electron chi connectivity index (χ3n) is 5.24. The maximum Gasteiger partial charge on any atom is 0.249 e. The zero-order valence-corrected chi connectivity index (χ0v) is 15.7.